The number of hydrogen-bond acceptors (Lipinski definition) is 1. The van der Waals surface area contributed by atoms with E-state index in [2.05, 4.69) is 13.8 Å². The van der Waals surface area contributed by atoms with Crippen molar-refractivity contribution >= 4 is 11.6 Å². The van der Waals surface area contributed by atoms with Crippen molar-refractivity contribution in [2.24, 2.45) is 0 Å². The van der Waals surface area contributed by atoms with Gasteiger partial charge in [0.2, 0.25) is 0 Å². The SMILES string of the molecule is CCCC1(CCC)Cc2cc(F)cc(CCl)c2O1. The van der Waals surface area contributed by atoms with Gasteiger partial charge in [-0.05, 0) is 25.0 Å². The van der Waals surface area contributed by atoms with Crippen molar-refractivity contribution < 1.29 is 9.13 Å². The van der Waals surface area contributed by atoms with Gasteiger partial charge >= 0.3 is 0 Å². The fraction of sp³-hybridized carbons (Fsp3) is 0.600. The molecule has 2 rings (SSSR count). The summed E-state index contributed by atoms with van der Waals surface area (Å²) in [5.74, 6) is 0.916. The Bertz CT molecular complexity index is 425. The molecule has 0 saturated heterocycles. The van der Waals surface area contributed by atoms with Crippen molar-refractivity contribution in [1.82, 2.24) is 0 Å². The molecular formula is C15H20ClFO. The summed E-state index contributed by atoms with van der Waals surface area (Å²) in [4.78, 5) is 0. The van der Waals surface area contributed by atoms with Gasteiger partial charge in [0.1, 0.15) is 17.2 Å². The maximum atomic E-state index is 13.5. The fourth-order valence-corrected chi connectivity index (χ4v) is 3.19. The molecule has 1 aromatic rings. The molecule has 0 bridgehead atoms. The highest BCUT2D eigenvalue weighted by Gasteiger charge is 2.39. The molecule has 3 heteroatoms. The predicted octanol–water partition coefficient (Wildman–Crippen LogP) is 4.84. The van der Waals surface area contributed by atoms with E-state index in [9.17, 15) is 4.39 Å². The van der Waals surface area contributed by atoms with E-state index in [0.29, 0.717) is 5.88 Å². The number of alkyl halides is 1. The first-order chi connectivity index (χ1) is 8.64. The molecule has 1 heterocycles. The van der Waals surface area contributed by atoms with Crippen LogP contribution in [0.3, 0.4) is 0 Å². The van der Waals surface area contributed by atoms with E-state index in [1.54, 1.807) is 6.07 Å². The van der Waals surface area contributed by atoms with Crippen LogP contribution in [0.25, 0.3) is 0 Å². The summed E-state index contributed by atoms with van der Waals surface area (Å²) >= 11 is 5.88. The monoisotopic (exact) mass is 270 g/mol. The Labute approximate surface area is 113 Å². The van der Waals surface area contributed by atoms with Crippen molar-refractivity contribution in [3.05, 3.63) is 29.1 Å². The first-order valence-corrected chi connectivity index (χ1v) is 7.24. The molecule has 1 nitrogen and oxygen atoms in total. The Kier molecular flexibility index (Phi) is 4.16. The largest absolute Gasteiger partial charge is 0.486 e. The van der Waals surface area contributed by atoms with Gasteiger partial charge in [-0.15, -0.1) is 11.6 Å². The molecule has 100 valence electrons. The van der Waals surface area contributed by atoms with Gasteiger partial charge in [-0.25, -0.2) is 4.39 Å². The minimum absolute atomic E-state index is 0.138. The standard InChI is InChI=1S/C15H20ClFO/c1-3-5-15(6-4-2)9-11-7-13(17)8-12(10-16)14(11)18-15/h7-8H,3-6,9-10H2,1-2H3. The van der Waals surface area contributed by atoms with Gasteiger partial charge in [-0.1, -0.05) is 26.7 Å². The van der Waals surface area contributed by atoms with Crippen LogP contribution in [0.2, 0.25) is 0 Å². The zero-order valence-corrected chi connectivity index (χ0v) is 11.8. The van der Waals surface area contributed by atoms with E-state index in [1.165, 1.54) is 6.07 Å². The van der Waals surface area contributed by atoms with Crippen LogP contribution in [0.5, 0.6) is 5.75 Å². The Morgan fingerprint density at radius 3 is 2.50 bits per heavy atom. The van der Waals surface area contributed by atoms with E-state index < -0.39 is 0 Å². The average molecular weight is 271 g/mol. The molecule has 0 spiro atoms. The first kappa shape index (κ1) is 13.7. The lowest BCUT2D eigenvalue weighted by Crippen LogP contribution is -2.34. The highest BCUT2D eigenvalue weighted by atomic mass is 35.5. The van der Waals surface area contributed by atoms with Crippen LogP contribution in [-0.2, 0) is 12.3 Å². The lowest BCUT2D eigenvalue weighted by atomic mass is 9.88. The van der Waals surface area contributed by atoms with Crippen molar-refractivity contribution in [2.75, 3.05) is 0 Å². The molecule has 0 fully saturated rings. The molecule has 0 unspecified atom stereocenters. The zero-order valence-electron chi connectivity index (χ0n) is 11.1. The van der Waals surface area contributed by atoms with Crippen LogP contribution >= 0.6 is 11.6 Å². The van der Waals surface area contributed by atoms with E-state index in [1.807, 2.05) is 0 Å². The Morgan fingerprint density at radius 2 is 1.94 bits per heavy atom. The highest BCUT2D eigenvalue weighted by molar-refractivity contribution is 6.17. The summed E-state index contributed by atoms with van der Waals surface area (Å²) in [7, 11) is 0. The molecule has 0 atom stereocenters. The second-order valence-corrected chi connectivity index (χ2v) is 5.42. The van der Waals surface area contributed by atoms with Crippen molar-refractivity contribution in [1.29, 1.82) is 0 Å². The topological polar surface area (TPSA) is 9.23 Å². The highest BCUT2D eigenvalue weighted by Crippen LogP contribution is 2.43. The minimum Gasteiger partial charge on any atom is -0.486 e. The number of benzene rings is 1. The first-order valence-electron chi connectivity index (χ1n) is 6.70. The Balaban J connectivity index is 2.35. The number of fused-ring (bicyclic) bond motifs is 1. The van der Waals surface area contributed by atoms with Crippen LogP contribution in [-0.4, -0.2) is 5.60 Å². The molecule has 0 saturated carbocycles. The number of hydrogen-bond donors (Lipinski definition) is 0. The smallest absolute Gasteiger partial charge is 0.128 e. The minimum atomic E-state index is -0.211. The summed E-state index contributed by atoms with van der Waals surface area (Å²) < 4.78 is 19.7. The fourth-order valence-electron chi connectivity index (χ4n) is 2.99. The number of rotatable bonds is 5. The van der Waals surface area contributed by atoms with Crippen molar-refractivity contribution in [3.8, 4) is 5.75 Å². The molecule has 0 N–H and O–H groups in total. The van der Waals surface area contributed by atoms with Gasteiger partial charge < -0.3 is 4.74 Å². The molecule has 1 aliphatic heterocycles. The maximum absolute atomic E-state index is 13.5. The van der Waals surface area contributed by atoms with Crippen LogP contribution < -0.4 is 4.74 Å². The number of ether oxygens (including phenoxy) is 1. The lowest BCUT2D eigenvalue weighted by Gasteiger charge is -2.28. The van der Waals surface area contributed by atoms with Crippen LogP contribution in [0.1, 0.15) is 50.7 Å². The molecule has 0 aliphatic carbocycles. The molecular weight excluding hydrogens is 251 g/mol. The van der Waals surface area contributed by atoms with Gasteiger partial charge in [0.25, 0.3) is 0 Å². The van der Waals surface area contributed by atoms with E-state index in [-0.39, 0.29) is 11.4 Å². The van der Waals surface area contributed by atoms with Crippen molar-refractivity contribution in [2.45, 2.75) is 57.4 Å². The van der Waals surface area contributed by atoms with E-state index in [0.717, 1.165) is 49.0 Å². The molecule has 0 amide bonds. The van der Waals surface area contributed by atoms with E-state index >= 15 is 0 Å². The molecule has 0 aromatic heterocycles. The Morgan fingerprint density at radius 1 is 1.28 bits per heavy atom. The van der Waals surface area contributed by atoms with Crippen LogP contribution in [0.15, 0.2) is 12.1 Å². The molecule has 1 aromatic carbocycles. The summed E-state index contributed by atoms with van der Waals surface area (Å²) in [5, 5.41) is 0. The van der Waals surface area contributed by atoms with Crippen LogP contribution in [0, 0.1) is 5.82 Å². The third-order valence-corrected chi connectivity index (χ3v) is 3.88. The lowest BCUT2D eigenvalue weighted by molar-refractivity contribution is 0.0723. The Hall–Kier alpha value is -0.760. The maximum Gasteiger partial charge on any atom is 0.128 e. The van der Waals surface area contributed by atoms with Crippen LogP contribution in [0.4, 0.5) is 4.39 Å². The normalized spacial score (nSPS) is 16.4. The molecule has 0 radical (unpaired) electrons. The van der Waals surface area contributed by atoms with Gasteiger partial charge in [0.05, 0.1) is 5.88 Å². The zero-order chi connectivity index (χ0) is 13.2. The van der Waals surface area contributed by atoms with E-state index in [4.69, 9.17) is 16.3 Å². The van der Waals surface area contributed by atoms with Crippen molar-refractivity contribution in [3.63, 3.8) is 0 Å². The second kappa shape index (κ2) is 5.48. The molecule has 18 heavy (non-hydrogen) atoms. The summed E-state index contributed by atoms with van der Waals surface area (Å²) in [6, 6.07) is 3.08. The third kappa shape index (κ3) is 2.49. The van der Waals surface area contributed by atoms with Gasteiger partial charge in [-0.3, -0.25) is 0 Å². The summed E-state index contributed by atoms with van der Waals surface area (Å²) in [6.45, 7) is 4.32. The third-order valence-electron chi connectivity index (χ3n) is 3.59. The molecule has 1 aliphatic rings. The predicted molar refractivity (Wildman–Crippen MR) is 72.8 cm³/mol. The second-order valence-electron chi connectivity index (χ2n) is 5.15. The van der Waals surface area contributed by atoms with Gasteiger partial charge in [0.15, 0.2) is 0 Å². The number of halogens is 2. The quantitative estimate of drug-likeness (QED) is 0.696. The summed E-state index contributed by atoms with van der Waals surface area (Å²) in [6.07, 6.45) is 4.99. The van der Waals surface area contributed by atoms with Gasteiger partial charge in [-0.2, -0.15) is 0 Å². The van der Waals surface area contributed by atoms with Gasteiger partial charge in [0, 0.05) is 17.5 Å². The average Bonchev–Trinajstić information content (AvgIpc) is 2.67. The summed E-state index contributed by atoms with van der Waals surface area (Å²) in [5.41, 5.74) is 1.62.